The summed E-state index contributed by atoms with van der Waals surface area (Å²) in [7, 11) is 3.80. The van der Waals surface area contributed by atoms with Gasteiger partial charge in [-0.2, -0.15) is 0 Å². The average molecular weight is 212 g/mol. The number of rotatable bonds is 3. The SMILES string of the molecule is CCC(=O)c1ccc(Cl)cc1N(C)C. The Morgan fingerprint density at radius 2 is 2.07 bits per heavy atom. The van der Waals surface area contributed by atoms with E-state index < -0.39 is 0 Å². The summed E-state index contributed by atoms with van der Waals surface area (Å²) >= 11 is 5.87. The van der Waals surface area contributed by atoms with E-state index in [1.165, 1.54) is 0 Å². The molecule has 1 rings (SSSR count). The van der Waals surface area contributed by atoms with Gasteiger partial charge in [0.15, 0.2) is 5.78 Å². The number of ketones is 1. The molecular weight excluding hydrogens is 198 g/mol. The monoisotopic (exact) mass is 211 g/mol. The number of anilines is 1. The predicted octanol–water partition coefficient (Wildman–Crippen LogP) is 3.00. The lowest BCUT2D eigenvalue weighted by molar-refractivity contribution is 0.0988. The molecule has 0 heterocycles. The first-order valence-electron chi connectivity index (χ1n) is 4.56. The molecule has 0 radical (unpaired) electrons. The highest BCUT2D eigenvalue weighted by Crippen LogP contribution is 2.24. The van der Waals surface area contributed by atoms with Gasteiger partial charge in [0.2, 0.25) is 0 Å². The second-order valence-electron chi connectivity index (χ2n) is 3.33. The summed E-state index contributed by atoms with van der Waals surface area (Å²) in [6, 6.07) is 5.34. The Bertz CT molecular complexity index is 347. The molecule has 0 amide bonds. The lowest BCUT2D eigenvalue weighted by Crippen LogP contribution is -2.13. The summed E-state index contributed by atoms with van der Waals surface area (Å²) in [6.07, 6.45) is 0.516. The van der Waals surface area contributed by atoms with Gasteiger partial charge < -0.3 is 4.90 Å². The minimum absolute atomic E-state index is 0.144. The van der Waals surface area contributed by atoms with E-state index in [1.54, 1.807) is 12.1 Å². The van der Waals surface area contributed by atoms with E-state index in [2.05, 4.69) is 0 Å². The molecule has 0 saturated carbocycles. The van der Waals surface area contributed by atoms with Crippen LogP contribution in [0.2, 0.25) is 5.02 Å². The van der Waals surface area contributed by atoms with Gasteiger partial charge in [-0.15, -0.1) is 0 Å². The van der Waals surface area contributed by atoms with Crippen LogP contribution in [0.25, 0.3) is 0 Å². The van der Waals surface area contributed by atoms with Crippen LogP contribution in [-0.4, -0.2) is 19.9 Å². The number of hydrogen-bond acceptors (Lipinski definition) is 2. The fourth-order valence-corrected chi connectivity index (χ4v) is 1.47. The van der Waals surface area contributed by atoms with Crippen LogP contribution >= 0.6 is 11.6 Å². The Labute approximate surface area is 89.5 Å². The fourth-order valence-electron chi connectivity index (χ4n) is 1.30. The quantitative estimate of drug-likeness (QED) is 0.717. The number of halogens is 1. The van der Waals surface area contributed by atoms with Crippen LogP contribution in [0.15, 0.2) is 18.2 Å². The van der Waals surface area contributed by atoms with Crippen molar-refractivity contribution in [2.24, 2.45) is 0 Å². The summed E-state index contributed by atoms with van der Waals surface area (Å²) in [6.45, 7) is 1.86. The van der Waals surface area contributed by atoms with Crippen molar-refractivity contribution in [2.45, 2.75) is 13.3 Å². The van der Waals surface area contributed by atoms with Gasteiger partial charge in [0, 0.05) is 36.8 Å². The third-order valence-electron chi connectivity index (χ3n) is 2.06. The zero-order valence-corrected chi connectivity index (χ0v) is 9.43. The van der Waals surface area contributed by atoms with Crippen molar-refractivity contribution in [1.29, 1.82) is 0 Å². The third kappa shape index (κ3) is 2.26. The van der Waals surface area contributed by atoms with Crippen molar-refractivity contribution in [1.82, 2.24) is 0 Å². The second kappa shape index (κ2) is 4.47. The van der Waals surface area contributed by atoms with Gasteiger partial charge in [-0.25, -0.2) is 0 Å². The lowest BCUT2D eigenvalue weighted by Gasteiger charge is -2.16. The maximum atomic E-state index is 11.6. The molecule has 0 aliphatic carbocycles. The molecule has 76 valence electrons. The highest BCUT2D eigenvalue weighted by atomic mass is 35.5. The molecule has 0 aromatic heterocycles. The predicted molar refractivity (Wildman–Crippen MR) is 60.4 cm³/mol. The smallest absolute Gasteiger partial charge is 0.164 e. The molecule has 0 fully saturated rings. The molecule has 2 nitrogen and oxygen atoms in total. The van der Waals surface area contributed by atoms with E-state index in [1.807, 2.05) is 32.0 Å². The van der Waals surface area contributed by atoms with Crippen molar-refractivity contribution in [3.8, 4) is 0 Å². The largest absolute Gasteiger partial charge is 0.377 e. The van der Waals surface area contributed by atoms with Crippen LogP contribution in [0.1, 0.15) is 23.7 Å². The molecule has 3 heteroatoms. The number of Topliss-reactive ketones (excluding diaryl/α,β-unsaturated/α-hetero) is 1. The van der Waals surface area contributed by atoms with Crippen molar-refractivity contribution in [3.63, 3.8) is 0 Å². The Morgan fingerprint density at radius 1 is 1.43 bits per heavy atom. The molecule has 0 N–H and O–H groups in total. The number of carbonyl (C=O) groups excluding carboxylic acids is 1. The van der Waals surface area contributed by atoms with Gasteiger partial charge >= 0.3 is 0 Å². The van der Waals surface area contributed by atoms with Crippen molar-refractivity contribution in [3.05, 3.63) is 28.8 Å². The van der Waals surface area contributed by atoms with Crippen LogP contribution in [0.5, 0.6) is 0 Å². The fraction of sp³-hybridized carbons (Fsp3) is 0.364. The highest BCUT2D eigenvalue weighted by molar-refractivity contribution is 6.31. The van der Waals surface area contributed by atoms with E-state index in [-0.39, 0.29) is 5.78 Å². The first-order valence-corrected chi connectivity index (χ1v) is 4.94. The second-order valence-corrected chi connectivity index (χ2v) is 3.77. The van der Waals surface area contributed by atoms with E-state index >= 15 is 0 Å². The molecule has 0 aliphatic heterocycles. The zero-order valence-electron chi connectivity index (χ0n) is 8.67. The van der Waals surface area contributed by atoms with Crippen molar-refractivity contribution in [2.75, 3.05) is 19.0 Å². The van der Waals surface area contributed by atoms with E-state index in [0.717, 1.165) is 11.3 Å². The Balaban J connectivity index is 3.21. The highest BCUT2D eigenvalue weighted by Gasteiger charge is 2.11. The van der Waals surface area contributed by atoms with Gasteiger partial charge in [0.1, 0.15) is 0 Å². The van der Waals surface area contributed by atoms with Crippen LogP contribution in [0, 0.1) is 0 Å². The molecular formula is C11H14ClNO. The minimum atomic E-state index is 0.144. The van der Waals surface area contributed by atoms with Crippen LogP contribution < -0.4 is 4.90 Å². The maximum Gasteiger partial charge on any atom is 0.164 e. The molecule has 14 heavy (non-hydrogen) atoms. The van der Waals surface area contributed by atoms with Gasteiger partial charge in [-0.1, -0.05) is 18.5 Å². The van der Waals surface area contributed by atoms with Gasteiger partial charge in [-0.05, 0) is 18.2 Å². The van der Waals surface area contributed by atoms with Crippen LogP contribution in [0.4, 0.5) is 5.69 Å². The Kier molecular flexibility index (Phi) is 3.53. The zero-order chi connectivity index (χ0) is 10.7. The topological polar surface area (TPSA) is 20.3 Å². The van der Waals surface area contributed by atoms with Crippen LogP contribution in [-0.2, 0) is 0 Å². The molecule has 1 aromatic carbocycles. The first-order chi connectivity index (χ1) is 6.56. The average Bonchev–Trinajstić information content (AvgIpc) is 2.16. The third-order valence-corrected chi connectivity index (χ3v) is 2.30. The first kappa shape index (κ1) is 11.1. The Morgan fingerprint density at radius 3 is 2.57 bits per heavy atom. The summed E-state index contributed by atoms with van der Waals surface area (Å²) in [5.41, 5.74) is 1.62. The molecule has 1 aromatic rings. The standard InChI is InChI=1S/C11H14ClNO/c1-4-11(14)9-6-5-8(12)7-10(9)13(2)3/h5-7H,4H2,1-3H3. The number of carbonyl (C=O) groups is 1. The van der Waals surface area contributed by atoms with Crippen LogP contribution in [0.3, 0.4) is 0 Å². The summed E-state index contributed by atoms with van der Waals surface area (Å²) < 4.78 is 0. The van der Waals surface area contributed by atoms with Gasteiger partial charge in [-0.3, -0.25) is 4.79 Å². The molecule has 0 atom stereocenters. The summed E-state index contributed by atoms with van der Waals surface area (Å²) in [5.74, 6) is 0.144. The van der Waals surface area contributed by atoms with E-state index in [0.29, 0.717) is 11.4 Å². The van der Waals surface area contributed by atoms with Gasteiger partial charge in [0.05, 0.1) is 0 Å². The van der Waals surface area contributed by atoms with Crippen molar-refractivity contribution >= 4 is 23.1 Å². The number of hydrogen-bond donors (Lipinski definition) is 0. The molecule has 0 spiro atoms. The van der Waals surface area contributed by atoms with E-state index in [9.17, 15) is 4.79 Å². The molecule has 0 unspecified atom stereocenters. The molecule has 0 bridgehead atoms. The maximum absolute atomic E-state index is 11.6. The van der Waals surface area contributed by atoms with Crippen molar-refractivity contribution < 1.29 is 4.79 Å². The van der Waals surface area contributed by atoms with E-state index in [4.69, 9.17) is 11.6 Å². The van der Waals surface area contributed by atoms with Gasteiger partial charge in [0.25, 0.3) is 0 Å². The molecule has 0 aliphatic rings. The number of benzene rings is 1. The normalized spacial score (nSPS) is 10.0. The Hall–Kier alpha value is -1.02. The number of nitrogens with zero attached hydrogens (tertiary/aromatic N) is 1. The summed E-state index contributed by atoms with van der Waals surface area (Å²) in [4.78, 5) is 13.5. The summed E-state index contributed by atoms with van der Waals surface area (Å²) in [5, 5.41) is 0.654. The molecule has 0 saturated heterocycles. The lowest BCUT2D eigenvalue weighted by atomic mass is 10.1. The minimum Gasteiger partial charge on any atom is -0.377 e.